The van der Waals surface area contributed by atoms with E-state index >= 15 is 0 Å². The molecule has 0 saturated carbocycles. The van der Waals surface area contributed by atoms with E-state index < -0.39 is 10.0 Å². The first-order valence-electron chi connectivity index (χ1n) is 9.79. The molecule has 9 nitrogen and oxygen atoms in total. The topological polar surface area (TPSA) is 112 Å². The van der Waals surface area contributed by atoms with E-state index in [4.69, 9.17) is 18.9 Å². The SMILES string of the molecule is COc1cc(CNC(=O)CCNS(=O)(=O)c2ccc3c(c2)OCCCO3)cc(OC)c1. The third-order valence-corrected chi connectivity index (χ3v) is 6.03. The molecule has 3 rings (SSSR count). The van der Waals surface area contributed by atoms with Crippen molar-refractivity contribution >= 4 is 15.9 Å². The summed E-state index contributed by atoms with van der Waals surface area (Å²) in [6.45, 7) is 1.21. The van der Waals surface area contributed by atoms with Gasteiger partial charge in [0.15, 0.2) is 11.5 Å². The second-order valence-corrected chi connectivity index (χ2v) is 8.57. The Kier molecular flexibility index (Phi) is 7.59. The van der Waals surface area contributed by atoms with Crippen molar-refractivity contribution in [2.45, 2.75) is 24.3 Å². The summed E-state index contributed by atoms with van der Waals surface area (Å²) >= 11 is 0. The number of nitrogens with one attached hydrogen (secondary N) is 2. The van der Waals surface area contributed by atoms with Crippen LogP contribution >= 0.6 is 0 Å². The van der Waals surface area contributed by atoms with Gasteiger partial charge in [-0.05, 0) is 29.8 Å². The molecule has 10 heteroatoms. The minimum atomic E-state index is -3.79. The van der Waals surface area contributed by atoms with Crippen molar-refractivity contribution in [2.24, 2.45) is 0 Å². The van der Waals surface area contributed by atoms with E-state index in [-0.39, 0.29) is 30.3 Å². The quantitative estimate of drug-likeness (QED) is 0.600. The van der Waals surface area contributed by atoms with Gasteiger partial charge in [-0.1, -0.05) is 0 Å². The van der Waals surface area contributed by atoms with Gasteiger partial charge in [0.1, 0.15) is 11.5 Å². The van der Waals surface area contributed by atoms with Crippen LogP contribution in [0, 0.1) is 0 Å². The molecular formula is C21H26N2O7S. The summed E-state index contributed by atoms with van der Waals surface area (Å²) in [5, 5.41) is 2.75. The molecule has 0 spiro atoms. The Balaban J connectivity index is 1.51. The molecule has 0 aliphatic carbocycles. The Morgan fingerprint density at radius 3 is 2.35 bits per heavy atom. The zero-order valence-electron chi connectivity index (χ0n) is 17.5. The van der Waals surface area contributed by atoms with Crippen molar-refractivity contribution in [3.05, 3.63) is 42.0 Å². The van der Waals surface area contributed by atoms with Crippen LogP contribution in [-0.2, 0) is 21.4 Å². The number of carbonyl (C=O) groups is 1. The van der Waals surface area contributed by atoms with Crippen LogP contribution in [0.5, 0.6) is 23.0 Å². The minimum Gasteiger partial charge on any atom is -0.497 e. The van der Waals surface area contributed by atoms with Crippen molar-refractivity contribution in [1.29, 1.82) is 0 Å². The van der Waals surface area contributed by atoms with Crippen LogP contribution in [-0.4, -0.2) is 48.3 Å². The Hall–Kier alpha value is -2.98. The highest BCUT2D eigenvalue weighted by Gasteiger charge is 2.19. The van der Waals surface area contributed by atoms with Gasteiger partial charge in [0.05, 0.1) is 32.3 Å². The molecule has 31 heavy (non-hydrogen) atoms. The molecule has 1 heterocycles. The zero-order valence-corrected chi connectivity index (χ0v) is 18.3. The number of amides is 1. The molecule has 0 radical (unpaired) electrons. The second kappa shape index (κ2) is 10.4. The van der Waals surface area contributed by atoms with Crippen LogP contribution < -0.4 is 29.0 Å². The first-order valence-corrected chi connectivity index (χ1v) is 11.3. The van der Waals surface area contributed by atoms with Gasteiger partial charge in [-0.2, -0.15) is 0 Å². The number of hydrogen-bond acceptors (Lipinski definition) is 7. The van der Waals surface area contributed by atoms with Crippen LogP contribution in [0.1, 0.15) is 18.4 Å². The van der Waals surface area contributed by atoms with Crippen molar-refractivity contribution < 1.29 is 32.2 Å². The molecule has 0 aromatic heterocycles. The van der Waals surface area contributed by atoms with E-state index in [0.29, 0.717) is 36.2 Å². The molecule has 0 fully saturated rings. The summed E-state index contributed by atoms with van der Waals surface area (Å²) in [5.74, 6) is 1.86. The van der Waals surface area contributed by atoms with Gasteiger partial charge in [-0.25, -0.2) is 13.1 Å². The highest BCUT2D eigenvalue weighted by molar-refractivity contribution is 7.89. The third kappa shape index (κ3) is 6.25. The van der Waals surface area contributed by atoms with Crippen LogP contribution in [0.25, 0.3) is 0 Å². The van der Waals surface area contributed by atoms with Crippen LogP contribution in [0.2, 0.25) is 0 Å². The Morgan fingerprint density at radius 1 is 1.00 bits per heavy atom. The first-order chi connectivity index (χ1) is 14.9. The number of ether oxygens (including phenoxy) is 4. The van der Waals surface area contributed by atoms with Gasteiger partial charge >= 0.3 is 0 Å². The lowest BCUT2D eigenvalue weighted by atomic mass is 10.2. The minimum absolute atomic E-state index is 0.00904. The molecule has 0 saturated heterocycles. The summed E-state index contributed by atoms with van der Waals surface area (Å²) in [5.41, 5.74) is 0.803. The Bertz CT molecular complexity index is 1000. The molecule has 0 atom stereocenters. The number of sulfonamides is 1. The molecule has 1 aliphatic heterocycles. The molecule has 2 aromatic carbocycles. The fourth-order valence-corrected chi connectivity index (χ4v) is 4.00. The highest BCUT2D eigenvalue weighted by atomic mass is 32.2. The summed E-state index contributed by atoms with van der Waals surface area (Å²) in [7, 11) is -0.689. The van der Waals surface area contributed by atoms with Gasteiger partial charge in [0, 0.05) is 38.1 Å². The number of carbonyl (C=O) groups excluding carboxylic acids is 1. The molecule has 2 aromatic rings. The van der Waals surface area contributed by atoms with Crippen molar-refractivity contribution in [2.75, 3.05) is 34.0 Å². The lowest BCUT2D eigenvalue weighted by molar-refractivity contribution is -0.121. The molecule has 0 unspecified atom stereocenters. The number of rotatable bonds is 9. The van der Waals surface area contributed by atoms with Crippen molar-refractivity contribution in [1.82, 2.24) is 10.0 Å². The molecule has 1 amide bonds. The maximum absolute atomic E-state index is 12.5. The monoisotopic (exact) mass is 450 g/mol. The van der Waals surface area contributed by atoms with Crippen LogP contribution in [0.3, 0.4) is 0 Å². The first kappa shape index (κ1) is 22.7. The van der Waals surface area contributed by atoms with E-state index in [0.717, 1.165) is 12.0 Å². The van der Waals surface area contributed by atoms with Crippen molar-refractivity contribution in [3.8, 4) is 23.0 Å². The lowest BCUT2D eigenvalue weighted by Gasteiger charge is -2.11. The maximum Gasteiger partial charge on any atom is 0.240 e. The van der Waals surface area contributed by atoms with E-state index in [1.807, 2.05) is 0 Å². The molecule has 1 aliphatic rings. The largest absolute Gasteiger partial charge is 0.497 e. The predicted molar refractivity (Wildman–Crippen MR) is 113 cm³/mol. The zero-order chi connectivity index (χ0) is 22.3. The standard InChI is InChI=1S/C21H26N2O7S/c1-27-16-10-15(11-17(12-16)28-2)14-22-21(24)6-7-23-31(25,26)18-4-5-19-20(13-18)30-9-3-8-29-19/h4-5,10-13,23H,3,6-9,14H2,1-2H3,(H,22,24). The number of methoxy groups -OCH3 is 2. The van der Waals surface area contributed by atoms with Gasteiger partial charge in [-0.15, -0.1) is 0 Å². The Morgan fingerprint density at radius 2 is 1.68 bits per heavy atom. The summed E-state index contributed by atoms with van der Waals surface area (Å²) in [4.78, 5) is 12.2. The third-order valence-electron chi connectivity index (χ3n) is 4.57. The average molecular weight is 451 g/mol. The number of benzene rings is 2. The second-order valence-electron chi connectivity index (χ2n) is 6.80. The normalized spacial score (nSPS) is 13.2. The van der Waals surface area contributed by atoms with E-state index in [9.17, 15) is 13.2 Å². The van der Waals surface area contributed by atoms with Gasteiger partial charge in [0.25, 0.3) is 0 Å². The molecule has 2 N–H and O–H groups in total. The van der Waals surface area contributed by atoms with Gasteiger partial charge in [-0.3, -0.25) is 4.79 Å². The van der Waals surface area contributed by atoms with Gasteiger partial charge < -0.3 is 24.3 Å². The molecular weight excluding hydrogens is 424 g/mol. The number of hydrogen-bond donors (Lipinski definition) is 2. The van der Waals surface area contributed by atoms with Crippen LogP contribution in [0.4, 0.5) is 0 Å². The van der Waals surface area contributed by atoms with Gasteiger partial charge in [0.2, 0.25) is 15.9 Å². The van der Waals surface area contributed by atoms with Crippen LogP contribution in [0.15, 0.2) is 41.3 Å². The predicted octanol–water partition coefficient (Wildman–Crippen LogP) is 1.85. The number of fused-ring (bicyclic) bond motifs is 1. The average Bonchev–Trinajstić information content (AvgIpc) is 3.02. The van der Waals surface area contributed by atoms with Crippen molar-refractivity contribution in [3.63, 3.8) is 0 Å². The Labute approximate surface area is 181 Å². The summed E-state index contributed by atoms with van der Waals surface area (Å²) in [6, 6.07) is 9.76. The maximum atomic E-state index is 12.5. The van der Waals surface area contributed by atoms with E-state index in [1.165, 1.54) is 12.1 Å². The fraction of sp³-hybridized carbons (Fsp3) is 0.381. The lowest BCUT2D eigenvalue weighted by Crippen LogP contribution is -2.30. The van der Waals surface area contributed by atoms with E-state index in [1.54, 1.807) is 38.5 Å². The summed E-state index contributed by atoms with van der Waals surface area (Å²) in [6.07, 6.45) is 0.720. The summed E-state index contributed by atoms with van der Waals surface area (Å²) < 4.78 is 49.0. The highest BCUT2D eigenvalue weighted by Crippen LogP contribution is 2.31. The smallest absolute Gasteiger partial charge is 0.240 e. The molecule has 0 bridgehead atoms. The fourth-order valence-electron chi connectivity index (χ4n) is 2.95. The van der Waals surface area contributed by atoms with E-state index in [2.05, 4.69) is 10.0 Å². The molecule has 168 valence electrons.